The predicted octanol–water partition coefficient (Wildman–Crippen LogP) is 3.40. The SMILES string of the molecule is CC(=O)NCc1ccc(C2CCN(C(=O)OC(C)(C)C)CC2)cc1NC(C)=O. The smallest absolute Gasteiger partial charge is 0.410 e. The number of rotatable bonds is 4. The number of nitrogens with one attached hydrogen (secondary N) is 2. The summed E-state index contributed by atoms with van der Waals surface area (Å²) >= 11 is 0. The van der Waals surface area contributed by atoms with E-state index in [4.69, 9.17) is 4.74 Å². The van der Waals surface area contributed by atoms with Crippen LogP contribution in [0.25, 0.3) is 0 Å². The van der Waals surface area contributed by atoms with Crippen LogP contribution in [-0.4, -0.2) is 41.5 Å². The molecule has 154 valence electrons. The molecule has 7 heteroatoms. The zero-order valence-electron chi connectivity index (χ0n) is 17.4. The molecular weight excluding hydrogens is 358 g/mol. The number of piperidine rings is 1. The molecule has 1 saturated heterocycles. The molecule has 0 aromatic heterocycles. The Labute approximate surface area is 166 Å². The molecule has 1 aromatic carbocycles. The number of carbonyl (C=O) groups is 3. The second kappa shape index (κ2) is 9.08. The Morgan fingerprint density at radius 2 is 1.75 bits per heavy atom. The second-order valence-corrected chi connectivity index (χ2v) is 8.25. The maximum absolute atomic E-state index is 12.2. The average molecular weight is 389 g/mol. The highest BCUT2D eigenvalue weighted by Gasteiger charge is 2.27. The van der Waals surface area contributed by atoms with E-state index in [0.29, 0.717) is 31.2 Å². The normalized spacial score (nSPS) is 15.1. The summed E-state index contributed by atoms with van der Waals surface area (Å²) in [7, 11) is 0. The van der Waals surface area contributed by atoms with E-state index in [1.54, 1.807) is 4.90 Å². The number of amides is 3. The van der Waals surface area contributed by atoms with Crippen molar-refractivity contribution < 1.29 is 19.1 Å². The van der Waals surface area contributed by atoms with Gasteiger partial charge in [0.25, 0.3) is 0 Å². The standard InChI is InChI=1S/C21H31N3O4/c1-14(25)22-13-18-7-6-17(12-19(18)23-15(2)26)16-8-10-24(11-9-16)20(27)28-21(3,4)5/h6-7,12,16H,8-11,13H2,1-5H3,(H,22,25)(H,23,26). The predicted molar refractivity (Wildman–Crippen MR) is 108 cm³/mol. The number of benzene rings is 1. The zero-order chi connectivity index (χ0) is 20.9. The Balaban J connectivity index is 2.06. The van der Waals surface area contributed by atoms with Gasteiger partial charge in [-0.05, 0) is 56.7 Å². The summed E-state index contributed by atoms with van der Waals surface area (Å²) in [4.78, 5) is 36.7. The average Bonchev–Trinajstić information content (AvgIpc) is 2.58. The molecule has 0 spiro atoms. The van der Waals surface area contributed by atoms with Gasteiger partial charge >= 0.3 is 6.09 Å². The number of ether oxygens (including phenoxy) is 1. The van der Waals surface area contributed by atoms with Gasteiger partial charge in [0.2, 0.25) is 11.8 Å². The van der Waals surface area contributed by atoms with Gasteiger partial charge in [0, 0.05) is 39.2 Å². The number of hydrogen-bond donors (Lipinski definition) is 2. The zero-order valence-corrected chi connectivity index (χ0v) is 17.4. The van der Waals surface area contributed by atoms with Crippen molar-refractivity contribution in [2.75, 3.05) is 18.4 Å². The van der Waals surface area contributed by atoms with E-state index >= 15 is 0 Å². The Bertz CT molecular complexity index is 732. The highest BCUT2D eigenvalue weighted by atomic mass is 16.6. The molecule has 2 rings (SSSR count). The molecule has 1 heterocycles. The third-order valence-corrected chi connectivity index (χ3v) is 4.59. The first-order valence-corrected chi connectivity index (χ1v) is 9.68. The molecule has 1 aromatic rings. The van der Waals surface area contributed by atoms with E-state index in [2.05, 4.69) is 10.6 Å². The van der Waals surface area contributed by atoms with Crippen LogP contribution in [0.5, 0.6) is 0 Å². The number of carbonyl (C=O) groups excluding carboxylic acids is 3. The fourth-order valence-electron chi connectivity index (χ4n) is 3.25. The van der Waals surface area contributed by atoms with Crippen molar-refractivity contribution in [3.8, 4) is 0 Å². The lowest BCUT2D eigenvalue weighted by atomic mass is 9.88. The molecule has 1 aliphatic heterocycles. The third kappa shape index (κ3) is 6.55. The summed E-state index contributed by atoms with van der Waals surface area (Å²) < 4.78 is 5.45. The first-order valence-electron chi connectivity index (χ1n) is 9.68. The van der Waals surface area contributed by atoms with E-state index in [1.165, 1.54) is 13.8 Å². The quantitative estimate of drug-likeness (QED) is 0.826. The molecule has 28 heavy (non-hydrogen) atoms. The minimum absolute atomic E-state index is 0.118. The summed E-state index contributed by atoms with van der Waals surface area (Å²) in [6.07, 6.45) is 1.41. The van der Waals surface area contributed by atoms with Gasteiger partial charge in [-0.3, -0.25) is 9.59 Å². The van der Waals surface area contributed by atoms with Crippen LogP contribution in [0, 0.1) is 0 Å². The largest absolute Gasteiger partial charge is 0.444 e. The topological polar surface area (TPSA) is 87.7 Å². The Kier molecular flexibility index (Phi) is 7.05. The Morgan fingerprint density at radius 3 is 2.29 bits per heavy atom. The molecule has 2 N–H and O–H groups in total. The first kappa shape index (κ1) is 21.7. The van der Waals surface area contributed by atoms with E-state index in [1.807, 2.05) is 39.0 Å². The van der Waals surface area contributed by atoms with Crippen LogP contribution < -0.4 is 10.6 Å². The van der Waals surface area contributed by atoms with Crippen LogP contribution in [0.1, 0.15) is 64.5 Å². The van der Waals surface area contributed by atoms with Crippen molar-refractivity contribution in [1.82, 2.24) is 10.2 Å². The fraction of sp³-hybridized carbons (Fsp3) is 0.571. The number of anilines is 1. The minimum Gasteiger partial charge on any atom is -0.444 e. The highest BCUT2D eigenvalue weighted by molar-refractivity contribution is 5.89. The van der Waals surface area contributed by atoms with Crippen molar-refractivity contribution in [3.05, 3.63) is 29.3 Å². The van der Waals surface area contributed by atoms with E-state index in [0.717, 1.165) is 24.0 Å². The van der Waals surface area contributed by atoms with Crippen LogP contribution >= 0.6 is 0 Å². The van der Waals surface area contributed by atoms with E-state index in [-0.39, 0.29) is 17.9 Å². The van der Waals surface area contributed by atoms with Gasteiger partial charge in [0.15, 0.2) is 0 Å². The molecule has 7 nitrogen and oxygen atoms in total. The molecule has 0 radical (unpaired) electrons. The monoisotopic (exact) mass is 389 g/mol. The van der Waals surface area contributed by atoms with Crippen LogP contribution in [0.3, 0.4) is 0 Å². The summed E-state index contributed by atoms with van der Waals surface area (Å²) in [5, 5.41) is 5.62. The van der Waals surface area contributed by atoms with Crippen LogP contribution in [-0.2, 0) is 20.9 Å². The van der Waals surface area contributed by atoms with Gasteiger partial charge in [-0.25, -0.2) is 4.79 Å². The molecule has 0 atom stereocenters. The lowest BCUT2D eigenvalue weighted by molar-refractivity contribution is -0.119. The Hall–Kier alpha value is -2.57. The van der Waals surface area contributed by atoms with Gasteiger partial charge in [-0.1, -0.05) is 12.1 Å². The minimum atomic E-state index is -0.495. The fourth-order valence-corrected chi connectivity index (χ4v) is 3.25. The lowest BCUT2D eigenvalue weighted by Gasteiger charge is -2.33. The van der Waals surface area contributed by atoms with Gasteiger partial charge in [0.05, 0.1) is 0 Å². The van der Waals surface area contributed by atoms with Crippen molar-refractivity contribution in [3.63, 3.8) is 0 Å². The van der Waals surface area contributed by atoms with Crippen LogP contribution in [0.15, 0.2) is 18.2 Å². The van der Waals surface area contributed by atoms with Gasteiger partial charge in [-0.2, -0.15) is 0 Å². The second-order valence-electron chi connectivity index (χ2n) is 8.25. The summed E-state index contributed by atoms with van der Waals surface area (Å²) in [6.45, 7) is 10.2. The van der Waals surface area contributed by atoms with Crippen LogP contribution in [0.4, 0.5) is 10.5 Å². The molecule has 0 aliphatic carbocycles. The maximum Gasteiger partial charge on any atom is 0.410 e. The Morgan fingerprint density at radius 1 is 1.11 bits per heavy atom. The molecule has 0 unspecified atom stereocenters. The summed E-state index contributed by atoms with van der Waals surface area (Å²) in [6, 6.07) is 5.96. The van der Waals surface area contributed by atoms with Crippen molar-refractivity contribution in [2.45, 2.75) is 65.5 Å². The number of likely N-dealkylation sites (tertiary alicyclic amines) is 1. The first-order chi connectivity index (χ1) is 13.0. The van der Waals surface area contributed by atoms with Crippen LogP contribution in [0.2, 0.25) is 0 Å². The summed E-state index contributed by atoms with van der Waals surface area (Å²) in [5.74, 6) is 0.0364. The molecule has 0 bridgehead atoms. The molecule has 1 fully saturated rings. The lowest BCUT2D eigenvalue weighted by Crippen LogP contribution is -2.41. The van der Waals surface area contributed by atoms with Crippen molar-refractivity contribution in [1.29, 1.82) is 0 Å². The number of hydrogen-bond acceptors (Lipinski definition) is 4. The van der Waals surface area contributed by atoms with Gasteiger partial charge in [-0.15, -0.1) is 0 Å². The molecule has 1 aliphatic rings. The van der Waals surface area contributed by atoms with Gasteiger partial charge < -0.3 is 20.3 Å². The number of nitrogens with zero attached hydrogens (tertiary/aromatic N) is 1. The molecule has 0 saturated carbocycles. The van der Waals surface area contributed by atoms with E-state index < -0.39 is 5.60 Å². The summed E-state index contributed by atoms with van der Waals surface area (Å²) in [5.41, 5.74) is 2.21. The van der Waals surface area contributed by atoms with Crippen molar-refractivity contribution in [2.24, 2.45) is 0 Å². The maximum atomic E-state index is 12.2. The van der Waals surface area contributed by atoms with Crippen molar-refractivity contribution >= 4 is 23.6 Å². The highest BCUT2D eigenvalue weighted by Crippen LogP contribution is 2.31. The molecule has 3 amide bonds. The van der Waals surface area contributed by atoms with Gasteiger partial charge in [0.1, 0.15) is 5.60 Å². The molecular formula is C21H31N3O4. The van der Waals surface area contributed by atoms with E-state index in [9.17, 15) is 14.4 Å². The third-order valence-electron chi connectivity index (χ3n) is 4.59.